The molecule has 2 aliphatic carbocycles. The zero-order valence-electron chi connectivity index (χ0n) is 12.3. The highest BCUT2D eigenvalue weighted by molar-refractivity contribution is 5.86. The highest BCUT2D eigenvalue weighted by Crippen LogP contribution is 2.58. The van der Waals surface area contributed by atoms with Crippen LogP contribution in [0, 0.1) is 6.92 Å². The first-order valence-corrected chi connectivity index (χ1v) is 7.32. The summed E-state index contributed by atoms with van der Waals surface area (Å²) in [7, 11) is 0. The zero-order valence-corrected chi connectivity index (χ0v) is 12.3. The molecule has 0 amide bonds. The van der Waals surface area contributed by atoms with Crippen molar-refractivity contribution in [2.75, 3.05) is 0 Å². The van der Waals surface area contributed by atoms with E-state index in [0.29, 0.717) is 5.69 Å². The van der Waals surface area contributed by atoms with Crippen molar-refractivity contribution < 1.29 is 9.90 Å². The van der Waals surface area contributed by atoms with E-state index < -0.39 is 5.97 Å². The van der Waals surface area contributed by atoms with E-state index >= 15 is 0 Å². The number of hydrogen-bond acceptors (Lipinski definition) is 5. The van der Waals surface area contributed by atoms with Crippen LogP contribution < -0.4 is 10.7 Å². The molecule has 114 valence electrons. The SMILES string of the molecule is Cc1cc(=O)[nH]c(-n2nc(C(=O)[O-])c3c2[C@@]2(C)CC[C@@H]3C2)n1. The monoisotopic (exact) mass is 299 g/mol. The molecule has 7 nitrogen and oxygen atoms in total. The summed E-state index contributed by atoms with van der Waals surface area (Å²) in [5.74, 6) is -0.804. The molecule has 0 spiro atoms. The first-order valence-electron chi connectivity index (χ1n) is 7.32. The van der Waals surface area contributed by atoms with Gasteiger partial charge in [-0.3, -0.25) is 9.78 Å². The Morgan fingerprint density at radius 2 is 2.32 bits per heavy atom. The van der Waals surface area contributed by atoms with Gasteiger partial charge in [0.05, 0.1) is 11.7 Å². The topological polar surface area (TPSA) is 104 Å². The minimum Gasteiger partial charge on any atom is -0.543 e. The number of rotatable bonds is 2. The fourth-order valence-electron chi connectivity index (χ4n) is 4.07. The van der Waals surface area contributed by atoms with Gasteiger partial charge in [-0.1, -0.05) is 6.92 Å². The predicted octanol–water partition coefficient (Wildman–Crippen LogP) is 0.166. The lowest BCUT2D eigenvalue weighted by Crippen LogP contribution is -2.25. The van der Waals surface area contributed by atoms with Crippen molar-refractivity contribution in [2.45, 2.75) is 44.4 Å². The Balaban J connectivity index is 2.03. The normalized spacial score (nSPS) is 25.5. The molecule has 2 aromatic heterocycles. The number of carboxylic acid groups (broad SMARTS) is 1. The van der Waals surface area contributed by atoms with Crippen LogP contribution in [-0.4, -0.2) is 25.7 Å². The molecule has 22 heavy (non-hydrogen) atoms. The molecule has 2 bridgehead atoms. The zero-order chi connectivity index (χ0) is 15.6. The smallest absolute Gasteiger partial charge is 0.252 e. The van der Waals surface area contributed by atoms with Gasteiger partial charge in [0, 0.05) is 22.7 Å². The Morgan fingerprint density at radius 3 is 3.00 bits per heavy atom. The molecule has 0 unspecified atom stereocenters. The molecule has 1 saturated carbocycles. The molecule has 2 heterocycles. The van der Waals surface area contributed by atoms with E-state index in [4.69, 9.17) is 0 Å². The molecular weight excluding hydrogens is 284 g/mol. The standard InChI is InChI=1S/C15H16N4O3/c1-7-5-9(20)17-14(16-7)19-12-10(11(18-19)13(21)22)8-3-4-15(12,2)6-8/h5,8H,3-4,6H2,1-2H3,(H,21,22)(H,16,17,20)/p-1/t8-,15+/m1/s1. The maximum absolute atomic E-state index is 11.7. The Morgan fingerprint density at radius 1 is 1.55 bits per heavy atom. The van der Waals surface area contributed by atoms with E-state index in [2.05, 4.69) is 22.0 Å². The number of nitrogens with zero attached hydrogens (tertiary/aromatic N) is 3. The van der Waals surface area contributed by atoms with Gasteiger partial charge in [0.15, 0.2) is 0 Å². The molecule has 2 aliphatic rings. The van der Waals surface area contributed by atoms with Crippen molar-refractivity contribution in [2.24, 2.45) is 0 Å². The van der Waals surface area contributed by atoms with Crippen molar-refractivity contribution in [3.8, 4) is 5.95 Å². The summed E-state index contributed by atoms with van der Waals surface area (Å²) >= 11 is 0. The van der Waals surface area contributed by atoms with Crippen molar-refractivity contribution in [3.05, 3.63) is 39.1 Å². The number of hydrogen-bond donors (Lipinski definition) is 1. The molecule has 7 heteroatoms. The van der Waals surface area contributed by atoms with Crippen LogP contribution in [0.4, 0.5) is 0 Å². The number of carbonyl (C=O) groups excluding carboxylic acids is 1. The highest BCUT2D eigenvalue weighted by atomic mass is 16.4. The first kappa shape index (κ1) is 13.2. The molecule has 4 rings (SSSR count). The van der Waals surface area contributed by atoms with Crippen LogP contribution in [-0.2, 0) is 5.41 Å². The van der Waals surface area contributed by atoms with Crippen LogP contribution >= 0.6 is 0 Å². The van der Waals surface area contributed by atoms with Crippen molar-refractivity contribution in [1.29, 1.82) is 0 Å². The van der Waals surface area contributed by atoms with Crippen LogP contribution in [0.25, 0.3) is 5.95 Å². The highest BCUT2D eigenvalue weighted by Gasteiger charge is 2.51. The molecule has 0 radical (unpaired) electrons. The van der Waals surface area contributed by atoms with E-state index in [1.165, 1.54) is 10.7 Å². The van der Waals surface area contributed by atoms with Crippen LogP contribution in [0.5, 0.6) is 0 Å². The lowest BCUT2D eigenvalue weighted by molar-refractivity contribution is -0.255. The number of aryl methyl sites for hydroxylation is 1. The van der Waals surface area contributed by atoms with E-state index in [1.54, 1.807) is 6.92 Å². The van der Waals surface area contributed by atoms with E-state index in [-0.39, 0.29) is 28.5 Å². The Kier molecular flexibility index (Phi) is 2.44. The number of fused-ring (bicyclic) bond motifs is 5. The lowest BCUT2D eigenvalue weighted by atomic mass is 9.85. The van der Waals surface area contributed by atoms with Gasteiger partial charge in [0.2, 0.25) is 5.95 Å². The van der Waals surface area contributed by atoms with E-state index in [0.717, 1.165) is 30.5 Å². The lowest BCUT2D eigenvalue weighted by Gasteiger charge is -2.23. The van der Waals surface area contributed by atoms with Crippen molar-refractivity contribution in [1.82, 2.24) is 19.7 Å². The second-order valence-corrected chi connectivity index (χ2v) is 6.52. The number of carboxylic acids is 1. The predicted molar refractivity (Wildman–Crippen MR) is 75.0 cm³/mol. The average Bonchev–Trinajstić information content (AvgIpc) is 3.05. The van der Waals surface area contributed by atoms with Gasteiger partial charge in [0.1, 0.15) is 5.69 Å². The van der Waals surface area contributed by atoms with Gasteiger partial charge in [-0.15, -0.1) is 0 Å². The van der Waals surface area contributed by atoms with Gasteiger partial charge >= 0.3 is 0 Å². The number of nitrogens with one attached hydrogen (secondary N) is 1. The summed E-state index contributed by atoms with van der Waals surface area (Å²) in [5, 5.41) is 15.6. The molecule has 2 atom stereocenters. The third-order valence-corrected chi connectivity index (χ3v) is 4.89. The number of H-pyrrole nitrogens is 1. The van der Waals surface area contributed by atoms with E-state index in [1.807, 2.05) is 0 Å². The molecule has 0 aliphatic heterocycles. The summed E-state index contributed by atoms with van der Waals surface area (Å²) in [5.41, 5.74) is 1.76. The number of aromatic amines is 1. The fraction of sp³-hybridized carbons (Fsp3) is 0.467. The van der Waals surface area contributed by atoms with E-state index in [9.17, 15) is 14.7 Å². The fourth-order valence-corrected chi connectivity index (χ4v) is 4.07. The molecule has 1 N–H and O–H groups in total. The summed E-state index contributed by atoms with van der Waals surface area (Å²) in [6.07, 6.45) is 2.86. The largest absolute Gasteiger partial charge is 0.543 e. The summed E-state index contributed by atoms with van der Waals surface area (Å²) in [4.78, 5) is 30.1. The minimum atomic E-state index is -1.28. The maximum atomic E-state index is 11.7. The Bertz CT molecular complexity index is 866. The van der Waals surface area contributed by atoms with Gasteiger partial charge in [-0.25, -0.2) is 9.67 Å². The summed E-state index contributed by atoms with van der Waals surface area (Å²) < 4.78 is 1.49. The van der Waals surface area contributed by atoms with Gasteiger partial charge in [-0.2, -0.15) is 5.10 Å². The third kappa shape index (κ3) is 1.62. The van der Waals surface area contributed by atoms with Crippen LogP contribution in [0.1, 0.15) is 59.5 Å². The number of aromatic carboxylic acids is 1. The van der Waals surface area contributed by atoms with Crippen molar-refractivity contribution >= 4 is 5.97 Å². The summed E-state index contributed by atoms with van der Waals surface area (Å²) in [6.45, 7) is 3.83. The van der Waals surface area contributed by atoms with Crippen LogP contribution in [0.3, 0.4) is 0 Å². The second kappa shape index (κ2) is 4.06. The van der Waals surface area contributed by atoms with Crippen LogP contribution in [0.15, 0.2) is 10.9 Å². The Labute approximate surface area is 126 Å². The number of aromatic nitrogens is 4. The first-order chi connectivity index (χ1) is 10.4. The molecule has 0 saturated heterocycles. The maximum Gasteiger partial charge on any atom is 0.252 e. The van der Waals surface area contributed by atoms with Gasteiger partial charge in [0.25, 0.3) is 5.56 Å². The average molecular weight is 299 g/mol. The van der Waals surface area contributed by atoms with Gasteiger partial charge < -0.3 is 9.90 Å². The molecule has 0 aromatic carbocycles. The van der Waals surface area contributed by atoms with Gasteiger partial charge in [-0.05, 0) is 32.1 Å². The quantitative estimate of drug-likeness (QED) is 0.851. The minimum absolute atomic E-state index is 0.0208. The third-order valence-electron chi connectivity index (χ3n) is 4.89. The second-order valence-electron chi connectivity index (χ2n) is 6.52. The summed E-state index contributed by atoms with van der Waals surface area (Å²) in [6, 6.07) is 1.39. The number of carbonyl (C=O) groups is 1. The molecular formula is C15H15N4O3-. The molecule has 1 fully saturated rings. The van der Waals surface area contributed by atoms with Crippen molar-refractivity contribution in [3.63, 3.8) is 0 Å². The Hall–Kier alpha value is -2.44. The van der Waals surface area contributed by atoms with Crippen LogP contribution in [0.2, 0.25) is 0 Å². The molecule has 2 aromatic rings.